The molecule has 3 N–H and O–H groups in total. The number of rotatable bonds is 5. The number of hydrogen-bond acceptors (Lipinski definition) is 5. The molecule has 0 radical (unpaired) electrons. The third-order valence-electron chi connectivity index (χ3n) is 4.79. The van der Waals surface area contributed by atoms with Gasteiger partial charge in [-0.1, -0.05) is 6.07 Å². The number of morpholine rings is 1. The molecule has 0 unspecified atom stereocenters. The zero-order chi connectivity index (χ0) is 21.2. The number of primary amides is 1. The Labute approximate surface area is 169 Å². The van der Waals surface area contributed by atoms with E-state index in [1.165, 1.54) is 16.4 Å². The average Bonchev–Trinajstić information content (AvgIpc) is 2.68. The number of aryl methyl sites for hydroxylation is 2. The van der Waals surface area contributed by atoms with E-state index in [1.807, 2.05) is 0 Å². The van der Waals surface area contributed by atoms with Gasteiger partial charge in [-0.3, -0.25) is 9.59 Å². The number of nitrogens with one attached hydrogen (secondary N) is 1. The van der Waals surface area contributed by atoms with E-state index in [0.717, 1.165) is 0 Å². The molecule has 0 bridgehead atoms. The number of carbonyl (C=O) groups is 2. The lowest BCUT2D eigenvalue weighted by molar-refractivity contribution is 0.0730. The van der Waals surface area contributed by atoms with E-state index in [9.17, 15) is 18.0 Å². The summed E-state index contributed by atoms with van der Waals surface area (Å²) in [5.41, 5.74) is 7.57. The first kappa shape index (κ1) is 21.0. The van der Waals surface area contributed by atoms with Gasteiger partial charge in [0.05, 0.1) is 18.1 Å². The van der Waals surface area contributed by atoms with Gasteiger partial charge in [0, 0.05) is 29.9 Å². The van der Waals surface area contributed by atoms with Crippen molar-refractivity contribution in [2.45, 2.75) is 18.7 Å². The number of carbonyl (C=O) groups excluding carboxylic acids is 2. The second kappa shape index (κ2) is 8.32. The Morgan fingerprint density at radius 2 is 1.72 bits per heavy atom. The van der Waals surface area contributed by atoms with Crippen molar-refractivity contribution in [1.29, 1.82) is 0 Å². The second-order valence-corrected chi connectivity index (χ2v) is 8.75. The first-order chi connectivity index (χ1) is 13.7. The van der Waals surface area contributed by atoms with Crippen LogP contribution in [0.1, 0.15) is 31.8 Å². The molecule has 1 aliphatic heterocycles. The number of amides is 2. The lowest BCUT2D eigenvalue weighted by atomic mass is 10.1. The molecule has 2 aromatic rings. The Morgan fingerprint density at radius 3 is 2.34 bits per heavy atom. The summed E-state index contributed by atoms with van der Waals surface area (Å²) < 4.78 is 32.6. The molecule has 2 amide bonds. The smallest absolute Gasteiger partial charge is 0.255 e. The van der Waals surface area contributed by atoms with Gasteiger partial charge < -0.3 is 15.8 Å². The molecule has 1 saturated heterocycles. The fourth-order valence-electron chi connectivity index (χ4n) is 3.17. The lowest BCUT2D eigenvalue weighted by Gasteiger charge is -2.26. The van der Waals surface area contributed by atoms with Gasteiger partial charge in [0.15, 0.2) is 0 Å². The maximum atomic E-state index is 13.0. The zero-order valence-electron chi connectivity index (χ0n) is 16.3. The number of nitrogens with zero attached hydrogens (tertiary/aromatic N) is 1. The summed E-state index contributed by atoms with van der Waals surface area (Å²) in [5, 5.41) is 2.72. The zero-order valence-corrected chi connectivity index (χ0v) is 17.1. The van der Waals surface area contributed by atoms with Gasteiger partial charge >= 0.3 is 0 Å². The van der Waals surface area contributed by atoms with Crippen molar-refractivity contribution in [3.63, 3.8) is 0 Å². The predicted octanol–water partition coefficient (Wildman–Crippen LogP) is 1.68. The monoisotopic (exact) mass is 417 g/mol. The fraction of sp³-hybridized carbons (Fsp3) is 0.300. The van der Waals surface area contributed by atoms with E-state index in [-0.39, 0.29) is 23.5 Å². The van der Waals surface area contributed by atoms with Crippen LogP contribution in [-0.2, 0) is 14.8 Å². The number of nitrogens with two attached hydrogens (primary N) is 1. The summed E-state index contributed by atoms with van der Waals surface area (Å²) in [4.78, 5) is 24.1. The topological polar surface area (TPSA) is 119 Å². The minimum absolute atomic E-state index is 0.104. The van der Waals surface area contributed by atoms with Crippen molar-refractivity contribution in [3.8, 4) is 0 Å². The van der Waals surface area contributed by atoms with Crippen molar-refractivity contribution in [1.82, 2.24) is 4.31 Å². The number of ether oxygens (including phenoxy) is 1. The van der Waals surface area contributed by atoms with Crippen molar-refractivity contribution in [2.75, 3.05) is 31.6 Å². The van der Waals surface area contributed by atoms with Crippen LogP contribution < -0.4 is 11.1 Å². The molecule has 2 aromatic carbocycles. The molecule has 0 aliphatic carbocycles. The Balaban J connectivity index is 1.86. The van der Waals surface area contributed by atoms with E-state index in [2.05, 4.69) is 5.32 Å². The molecule has 8 nitrogen and oxygen atoms in total. The molecule has 0 spiro atoms. The van der Waals surface area contributed by atoms with Gasteiger partial charge in [-0.15, -0.1) is 0 Å². The number of anilines is 1. The molecule has 1 heterocycles. The fourth-order valence-corrected chi connectivity index (χ4v) is 4.83. The van der Waals surface area contributed by atoms with Crippen molar-refractivity contribution >= 4 is 27.5 Å². The standard InChI is InChI=1S/C20H23N3O5S/c1-13-3-4-15(12-18(13)29(26,27)23-7-9-28-10-8-23)20(25)22-16-5-6-17(19(21)24)14(2)11-16/h3-6,11-12H,7-10H2,1-2H3,(H2,21,24)(H,22,25). The highest BCUT2D eigenvalue weighted by atomic mass is 32.2. The van der Waals surface area contributed by atoms with Crippen LogP contribution in [0.25, 0.3) is 0 Å². The molecule has 3 rings (SSSR count). The van der Waals surface area contributed by atoms with Crippen LogP contribution in [0.4, 0.5) is 5.69 Å². The molecule has 1 aliphatic rings. The Morgan fingerprint density at radius 1 is 1.03 bits per heavy atom. The molecule has 0 aromatic heterocycles. The van der Waals surface area contributed by atoms with Gasteiger partial charge in [0.2, 0.25) is 15.9 Å². The lowest BCUT2D eigenvalue weighted by Crippen LogP contribution is -2.40. The molecule has 9 heteroatoms. The quantitative estimate of drug-likeness (QED) is 0.767. The predicted molar refractivity (Wildman–Crippen MR) is 108 cm³/mol. The first-order valence-corrected chi connectivity index (χ1v) is 10.5. The molecule has 154 valence electrons. The summed E-state index contributed by atoms with van der Waals surface area (Å²) in [5.74, 6) is -0.994. The normalized spacial score (nSPS) is 15.1. The molecular weight excluding hydrogens is 394 g/mol. The van der Waals surface area contributed by atoms with Crippen LogP contribution in [0.3, 0.4) is 0 Å². The van der Waals surface area contributed by atoms with E-state index in [0.29, 0.717) is 35.6 Å². The summed E-state index contributed by atoms with van der Waals surface area (Å²) in [6, 6.07) is 9.33. The molecule has 29 heavy (non-hydrogen) atoms. The molecular formula is C20H23N3O5S. The highest BCUT2D eigenvalue weighted by molar-refractivity contribution is 7.89. The summed E-state index contributed by atoms with van der Waals surface area (Å²) in [6.07, 6.45) is 0. The van der Waals surface area contributed by atoms with E-state index >= 15 is 0 Å². The van der Waals surface area contributed by atoms with Gasteiger partial charge in [0.25, 0.3) is 5.91 Å². The summed E-state index contributed by atoms with van der Waals surface area (Å²) in [7, 11) is -3.72. The first-order valence-electron chi connectivity index (χ1n) is 9.10. The van der Waals surface area contributed by atoms with E-state index < -0.39 is 21.8 Å². The van der Waals surface area contributed by atoms with Crippen molar-refractivity contribution in [3.05, 3.63) is 58.7 Å². The maximum Gasteiger partial charge on any atom is 0.255 e. The van der Waals surface area contributed by atoms with Gasteiger partial charge in [-0.2, -0.15) is 4.31 Å². The molecule has 0 atom stereocenters. The van der Waals surface area contributed by atoms with E-state index in [4.69, 9.17) is 10.5 Å². The van der Waals surface area contributed by atoms with Crippen LogP contribution in [0, 0.1) is 13.8 Å². The largest absolute Gasteiger partial charge is 0.379 e. The average molecular weight is 417 g/mol. The van der Waals surface area contributed by atoms with Crippen molar-refractivity contribution in [2.24, 2.45) is 5.73 Å². The Kier molecular flexibility index (Phi) is 6.02. The van der Waals surface area contributed by atoms with Crippen LogP contribution in [-0.4, -0.2) is 50.8 Å². The SMILES string of the molecule is Cc1cc(NC(=O)c2ccc(C)c(S(=O)(=O)N3CCOCC3)c2)ccc1C(N)=O. The minimum atomic E-state index is -3.72. The minimum Gasteiger partial charge on any atom is -0.379 e. The Hall–Kier alpha value is -2.75. The number of sulfonamides is 1. The van der Waals surface area contributed by atoms with Crippen LogP contribution >= 0.6 is 0 Å². The van der Waals surface area contributed by atoms with Gasteiger partial charge in [-0.25, -0.2) is 8.42 Å². The summed E-state index contributed by atoms with van der Waals surface area (Å²) in [6.45, 7) is 4.67. The highest BCUT2D eigenvalue weighted by Gasteiger charge is 2.28. The van der Waals surface area contributed by atoms with Gasteiger partial charge in [-0.05, 0) is 55.3 Å². The van der Waals surface area contributed by atoms with E-state index in [1.54, 1.807) is 38.1 Å². The Bertz CT molecular complexity index is 1060. The second-order valence-electron chi connectivity index (χ2n) is 6.84. The molecule has 0 saturated carbocycles. The number of benzene rings is 2. The van der Waals surface area contributed by atoms with Crippen molar-refractivity contribution < 1.29 is 22.7 Å². The number of hydrogen-bond donors (Lipinski definition) is 2. The summed E-state index contributed by atoms with van der Waals surface area (Å²) >= 11 is 0. The third kappa shape index (κ3) is 4.47. The highest BCUT2D eigenvalue weighted by Crippen LogP contribution is 2.23. The third-order valence-corrected chi connectivity index (χ3v) is 6.83. The molecule has 1 fully saturated rings. The van der Waals surface area contributed by atoms with Gasteiger partial charge in [0.1, 0.15) is 0 Å². The van der Waals surface area contributed by atoms with Crippen LogP contribution in [0.2, 0.25) is 0 Å². The van der Waals surface area contributed by atoms with Crippen LogP contribution in [0.5, 0.6) is 0 Å². The van der Waals surface area contributed by atoms with Crippen LogP contribution in [0.15, 0.2) is 41.3 Å². The maximum absolute atomic E-state index is 13.0.